The number of benzene rings is 9. The van der Waals surface area contributed by atoms with Crippen molar-refractivity contribution in [3.8, 4) is 44.5 Å². The predicted octanol–water partition coefficient (Wildman–Crippen LogP) is 14.6. The first-order chi connectivity index (χ1) is 35.0. The molecule has 9 aromatic carbocycles. The Balaban J connectivity index is 1.21. The average Bonchev–Trinajstić information content (AvgIpc) is 3.92. The lowest BCUT2D eigenvalue weighted by molar-refractivity contribution is 0.584. The maximum Gasteiger partial charge on any atom is 0.248 e. The average molecular weight is 943 g/mol. The summed E-state index contributed by atoms with van der Waals surface area (Å²) in [6, 6.07) is 70.1. The van der Waals surface area contributed by atoms with Crippen LogP contribution in [-0.4, -0.2) is 13.4 Å². The van der Waals surface area contributed by atoms with Gasteiger partial charge in [0.1, 0.15) is 0 Å². The highest BCUT2D eigenvalue weighted by Crippen LogP contribution is 2.53. The van der Waals surface area contributed by atoms with Crippen molar-refractivity contribution in [2.45, 2.75) is 98.3 Å². The molecule has 0 bridgehead atoms. The molecule has 356 valence electrons. The molecule has 0 aromatic heterocycles. The zero-order valence-corrected chi connectivity index (χ0v) is 44.4. The molecule has 0 atom stereocenters. The molecular formula is C69H64B2N2. The van der Waals surface area contributed by atoms with Gasteiger partial charge >= 0.3 is 0 Å². The van der Waals surface area contributed by atoms with Gasteiger partial charge in [-0.1, -0.05) is 221 Å². The first-order valence-corrected chi connectivity index (χ1v) is 26.7. The Labute approximate surface area is 435 Å². The summed E-state index contributed by atoms with van der Waals surface area (Å²) in [6.07, 6.45) is 0. The third kappa shape index (κ3) is 6.85. The SMILES string of the molecule is CC(C)c1ccc(-c2cc3c4c(c2)N(c2ccccc2)c2c(c(C(C)(C)C)c5c(c2C(C)(C)C)B2c6ccccc6-c6cc(-c7ccc(C(C)(C)C)cc7)cc(c62)N5c2ccccc2)B4c2ccccc2-3)cc1. The van der Waals surface area contributed by atoms with Gasteiger partial charge in [0, 0.05) is 34.1 Å². The molecule has 4 aliphatic rings. The molecule has 0 aliphatic carbocycles. The van der Waals surface area contributed by atoms with Gasteiger partial charge in [0.25, 0.3) is 0 Å². The maximum atomic E-state index is 2.72. The van der Waals surface area contributed by atoms with Crippen molar-refractivity contribution in [3.63, 3.8) is 0 Å². The molecule has 4 aliphatic heterocycles. The molecule has 0 unspecified atom stereocenters. The minimum Gasteiger partial charge on any atom is -0.311 e. The second-order valence-electron chi connectivity index (χ2n) is 24.7. The van der Waals surface area contributed by atoms with Crippen LogP contribution in [0.25, 0.3) is 44.5 Å². The van der Waals surface area contributed by atoms with Gasteiger partial charge in [-0.05, 0) is 159 Å². The summed E-state index contributed by atoms with van der Waals surface area (Å²) in [5.74, 6) is 0.465. The fraction of sp³-hybridized carbons (Fsp3) is 0.217. The Morgan fingerprint density at radius 2 is 0.740 bits per heavy atom. The molecule has 0 fully saturated rings. The lowest BCUT2D eigenvalue weighted by Crippen LogP contribution is -2.63. The summed E-state index contributed by atoms with van der Waals surface area (Å²) in [6.45, 7) is 26.4. The zero-order chi connectivity index (χ0) is 50.5. The summed E-state index contributed by atoms with van der Waals surface area (Å²) in [4.78, 5) is 5.43. The van der Waals surface area contributed by atoms with Crippen LogP contribution < -0.4 is 42.6 Å². The van der Waals surface area contributed by atoms with Gasteiger partial charge < -0.3 is 9.80 Å². The fourth-order valence-corrected chi connectivity index (χ4v) is 13.4. The first kappa shape index (κ1) is 45.6. The van der Waals surface area contributed by atoms with E-state index < -0.39 is 0 Å². The van der Waals surface area contributed by atoms with E-state index in [1.54, 1.807) is 0 Å². The van der Waals surface area contributed by atoms with E-state index in [0.717, 1.165) is 0 Å². The molecule has 0 radical (unpaired) electrons. The van der Waals surface area contributed by atoms with Crippen molar-refractivity contribution in [3.05, 3.63) is 204 Å². The van der Waals surface area contributed by atoms with E-state index in [0.29, 0.717) is 5.92 Å². The van der Waals surface area contributed by atoms with Crippen LogP contribution in [0.1, 0.15) is 104 Å². The highest BCUT2D eigenvalue weighted by Gasteiger charge is 2.53. The standard InChI is InChI=1S/C69H64B2N2/c1-42(2)43-30-32-44(33-31-43)46-38-53-51-26-18-20-28-55(51)70-61(53)57(40-46)72(49-22-14-12-15-23-49)65-59(68(6,7)8)64-66(60(63(65)70)69(9,10)11)73(50-24-16-13-17-25-50)58-41-47(45-34-36-48(37-35-45)67(3,4)5)39-54-52-27-19-21-29-56(52)71(64)62(54)58/h12-42H,1-11H3. The number of anilines is 6. The van der Waals surface area contributed by atoms with Crippen LogP contribution in [0, 0.1) is 0 Å². The predicted molar refractivity (Wildman–Crippen MR) is 317 cm³/mol. The van der Waals surface area contributed by atoms with Crippen LogP contribution in [0.3, 0.4) is 0 Å². The zero-order valence-electron chi connectivity index (χ0n) is 44.4. The minimum absolute atomic E-state index is 0.00496. The van der Waals surface area contributed by atoms with Crippen LogP contribution >= 0.6 is 0 Å². The van der Waals surface area contributed by atoms with E-state index in [-0.39, 0.29) is 29.7 Å². The van der Waals surface area contributed by atoms with Gasteiger partial charge in [0.15, 0.2) is 0 Å². The lowest BCUT2D eigenvalue weighted by atomic mass is 9.31. The van der Waals surface area contributed by atoms with Gasteiger partial charge in [-0.15, -0.1) is 0 Å². The largest absolute Gasteiger partial charge is 0.311 e. The molecule has 0 saturated carbocycles. The van der Waals surface area contributed by atoms with E-state index >= 15 is 0 Å². The Hall–Kier alpha value is -7.29. The third-order valence-corrected chi connectivity index (χ3v) is 16.6. The number of hydrogen-bond acceptors (Lipinski definition) is 2. The molecule has 0 amide bonds. The van der Waals surface area contributed by atoms with Crippen molar-refractivity contribution in [2.75, 3.05) is 9.80 Å². The van der Waals surface area contributed by atoms with Gasteiger partial charge in [-0.2, -0.15) is 0 Å². The molecule has 4 heteroatoms. The topological polar surface area (TPSA) is 6.48 Å². The maximum absolute atomic E-state index is 2.72. The second-order valence-corrected chi connectivity index (χ2v) is 24.7. The number of nitrogens with zero attached hydrogens (tertiary/aromatic N) is 2. The smallest absolute Gasteiger partial charge is 0.248 e. The van der Waals surface area contributed by atoms with Gasteiger partial charge in [0.05, 0.1) is 0 Å². The molecule has 13 rings (SSSR count). The normalized spacial score (nSPS) is 14.0. The number of para-hydroxylation sites is 2. The number of hydrogen-bond donors (Lipinski definition) is 0. The fourth-order valence-electron chi connectivity index (χ4n) is 13.4. The third-order valence-electron chi connectivity index (χ3n) is 16.6. The van der Waals surface area contributed by atoms with Gasteiger partial charge in [-0.25, -0.2) is 0 Å². The van der Waals surface area contributed by atoms with E-state index in [4.69, 9.17) is 0 Å². The van der Waals surface area contributed by atoms with Gasteiger partial charge in [-0.3, -0.25) is 0 Å². The highest BCUT2D eigenvalue weighted by molar-refractivity contribution is 7.04. The summed E-state index contributed by atoms with van der Waals surface area (Å²) in [5.41, 5.74) is 31.4. The molecular weight excluding hydrogens is 878 g/mol. The van der Waals surface area contributed by atoms with Crippen LogP contribution in [0.5, 0.6) is 0 Å². The highest BCUT2D eigenvalue weighted by atomic mass is 15.2. The summed E-state index contributed by atoms with van der Waals surface area (Å²) in [5, 5.41) is 0. The molecule has 4 heterocycles. The van der Waals surface area contributed by atoms with Gasteiger partial charge in [0.2, 0.25) is 13.4 Å². The first-order valence-electron chi connectivity index (χ1n) is 26.7. The summed E-state index contributed by atoms with van der Waals surface area (Å²) >= 11 is 0. The van der Waals surface area contributed by atoms with Crippen molar-refractivity contribution < 1.29 is 0 Å². The lowest BCUT2D eigenvalue weighted by Gasteiger charge is -2.49. The van der Waals surface area contributed by atoms with E-state index in [1.807, 2.05) is 0 Å². The molecule has 0 saturated heterocycles. The molecule has 73 heavy (non-hydrogen) atoms. The Morgan fingerprint density at radius 1 is 0.356 bits per heavy atom. The van der Waals surface area contributed by atoms with Crippen LogP contribution in [-0.2, 0) is 16.2 Å². The summed E-state index contributed by atoms with van der Waals surface area (Å²) < 4.78 is 0. The van der Waals surface area contributed by atoms with Crippen LogP contribution in [0.15, 0.2) is 182 Å². The number of fused-ring (bicyclic) bond motifs is 10. The van der Waals surface area contributed by atoms with Crippen LogP contribution in [0.4, 0.5) is 34.1 Å². The molecule has 0 N–H and O–H groups in total. The van der Waals surface area contributed by atoms with Crippen molar-refractivity contribution in [1.82, 2.24) is 0 Å². The van der Waals surface area contributed by atoms with Crippen molar-refractivity contribution in [2.24, 2.45) is 0 Å². The Bertz CT molecular complexity index is 3700. The van der Waals surface area contributed by atoms with E-state index in [2.05, 4.69) is 268 Å². The molecule has 9 aromatic rings. The van der Waals surface area contributed by atoms with E-state index in [1.165, 1.54) is 134 Å². The van der Waals surface area contributed by atoms with E-state index in [9.17, 15) is 0 Å². The monoisotopic (exact) mass is 943 g/mol. The molecule has 0 spiro atoms. The number of rotatable bonds is 5. The molecule has 2 nitrogen and oxygen atoms in total. The Morgan fingerprint density at radius 3 is 1.12 bits per heavy atom. The van der Waals surface area contributed by atoms with Crippen molar-refractivity contribution in [1.29, 1.82) is 0 Å². The quantitative estimate of drug-likeness (QED) is 0.159. The van der Waals surface area contributed by atoms with Crippen LogP contribution in [0.2, 0.25) is 0 Å². The minimum atomic E-state index is -0.299. The van der Waals surface area contributed by atoms with Crippen molar-refractivity contribution >= 4 is 80.3 Å². The second kappa shape index (κ2) is 16.1. The Kier molecular flexibility index (Phi) is 10.1. The summed E-state index contributed by atoms with van der Waals surface area (Å²) in [7, 11) is 0.